The molecule has 2 heteroatoms. The maximum absolute atomic E-state index is 5.24. The molecule has 0 aliphatic heterocycles. The molecular formula is C12H19ClO. The van der Waals surface area contributed by atoms with Crippen LogP contribution in [0.25, 0.3) is 0 Å². The van der Waals surface area contributed by atoms with Crippen molar-refractivity contribution in [2.45, 2.75) is 33.8 Å². The molecule has 14 heavy (non-hydrogen) atoms. The number of allylic oxidation sites excluding steroid dienone is 4. The average molecular weight is 215 g/mol. The smallest absolute Gasteiger partial charge is 0.0946 e. The van der Waals surface area contributed by atoms with Crippen LogP contribution in [0.4, 0.5) is 0 Å². The van der Waals surface area contributed by atoms with Gasteiger partial charge in [0.1, 0.15) is 0 Å². The molecule has 0 aromatic rings. The lowest BCUT2D eigenvalue weighted by Gasteiger charge is -2.20. The van der Waals surface area contributed by atoms with Crippen LogP contribution in [0.1, 0.15) is 27.7 Å². The van der Waals surface area contributed by atoms with E-state index in [1.165, 1.54) is 5.57 Å². The molecule has 0 heterocycles. The summed E-state index contributed by atoms with van der Waals surface area (Å²) in [5.41, 5.74) is 1.31. The van der Waals surface area contributed by atoms with Crippen molar-refractivity contribution < 1.29 is 4.29 Å². The van der Waals surface area contributed by atoms with Gasteiger partial charge in [0, 0.05) is 0 Å². The summed E-state index contributed by atoms with van der Waals surface area (Å²) >= 11 is 5.24. The molecule has 0 saturated carbocycles. The summed E-state index contributed by atoms with van der Waals surface area (Å²) in [6.45, 7) is 12.0. The monoisotopic (exact) mass is 214 g/mol. The average Bonchev–Trinajstić information content (AvgIpc) is 2.09. The Morgan fingerprint density at radius 3 is 2.36 bits per heavy atom. The first-order chi connectivity index (χ1) is 6.41. The zero-order valence-electron chi connectivity index (χ0n) is 9.38. The minimum Gasteiger partial charge on any atom is -0.272 e. The van der Waals surface area contributed by atoms with Gasteiger partial charge in [-0.1, -0.05) is 51.7 Å². The summed E-state index contributed by atoms with van der Waals surface area (Å²) in [6, 6.07) is 0. The summed E-state index contributed by atoms with van der Waals surface area (Å²) in [5.74, 6) is 0. The second kappa shape index (κ2) is 6.05. The third-order valence-corrected chi connectivity index (χ3v) is 2.13. The Morgan fingerprint density at radius 2 is 2.00 bits per heavy atom. The molecule has 0 amide bonds. The molecule has 80 valence electrons. The maximum atomic E-state index is 5.24. The fourth-order valence-electron chi connectivity index (χ4n) is 0.951. The Kier molecular flexibility index (Phi) is 5.82. The molecule has 0 spiro atoms. The van der Waals surface area contributed by atoms with Gasteiger partial charge in [-0.3, -0.25) is 4.29 Å². The molecule has 0 fully saturated rings. The summed E-state index contributed by atoms with van der Waals surface area (Å²) in [7, 11) is 0. The lowest BCUT2D eigenvalue weighted by atomic mass is 9.86. The predicted octanol–water partition coefficient (Wildman–Crippen LogP) is 4.26. The fourth-order valence-corrected chi connectivity index (χ4v) is 1.01. The van der Waals surface area contributed by atoms with Crippen LogP contribution in [0, 0.1) is 5.41 Å². The van der Waals surface area contributed by atoms with Crippen LogP contribution >= 0.6 is 11.9 Å². The van der Waals surface area contributed by atoms with Gasteiger partial charge in [0.2, 0.25) is 0 Å². The zero-order chi connectivity index (χ0) is 11.2. The van der Waals surface area contributed by atoms with Crippen molar-refractivity contribution in [3.8, 4) is 0 Å². The van der Waals surface area contributed by atoms with Crippen molar-refractivity contribution in [1.29, 1.82) is 0 Å². The van der Waals surface area contributed by atoms with Crippen molar-refractivity contribution in [2.75, 3.05) is 0 Å². The maximum Gasteiger partial charge on any atom is 0.0946 e. The zero-order valence-corrected chi connectivity index (χ0v) is 10.1. The van der Waals surface area contributed by atoms with Gasteiger partial charge in [0.25, 0.3) is 0 Å². The summed E-state index contributed by atoms with van der Waals surface area (Å²) in [6.07, 6.45) is 7.66. The van der Waals surface area contributed by atoms with E-state index in [4.69, 9.17) is 11.9 Å². The van der Waals surface area contributed by atoms with Gasteiger partial charge in [0.05, 0.1) is 18.0 Å². The van der Waals surface area contributed by atoms with E-state index >= 15 is 0 Å². The molecule has 0 aliphatic rings. The van der Waals surface area contributed by atoms with E-state index in [0.717, 1.165) is 0 Å². The first-order valence-electron chi connectivity index (χ1n) is 4.70. The van der Waals surface area contributed by atoms with Gasteiger partial charge < -0.3 is 0 Å². The summed E-state index contributed by atoms with van der Waals surface area (Å²) in [4.78, 5) is 0. The molecule has 0 rings (SSSR count). The number of hydrogen-bond acceptors (Lipinski definition) is 1. The molecule has 0 radical (unpaired) electrons. The molecule has 0 bridgehead atoms. The van der Waals surface area contributed by atoms with E-state index in [1.807, 2.05) is 25.2 Å². The highest BCUT2D eigenvalue weighted by Gasteiger charge is 2.13. The highest BCUT2D eigenvalue weighted by Crippen LogP contribution is 2.26. The molecule has 1 atom stereocenters. The largest absolute Gasteiger partial charge is 0.272 e. The van der Waals surface area contributed by atoms with Crippen molar-refractivity contribution in [2.24, 2.45) is 5.41 Å². The van der Waals surface area contributed by atoms with E-state index in [9.17, 15) is 0 Å². The molecule has 0 N–H and O–H groups in total. The van der Waals surface area contributed by atoms with Crippen LogP contribution in [-0.4, -0.2) is 6.10 Å². The van der Waals surface area contributed by atoms with Gasteiger partial charge in [-0.15, -0.1) is 0 Å². The first kappa shape index (κ1) is 13.5. The molecule has 0 aromatic carbocycles. The standard InChI is InChI=1S/C12H19ClO/c1-6-7-11(12(3,4)5)9-8-10(2)14-13/h6-10H,1H2,2-5H3/b9-8-,11-7+. The van der Waals surface area contributed by atoms with Gasteiger partial charge in [-0.05, 0) is 17.9 Å². The van der Waals surface area contributed by atoms with E-state index in [-0.39, 0.29) is 11.5 Å². The van der Waals surface area contributed by atoms with E-state index in [1.54, 1.807) is 6.08 Å². The van der Waals surface area contributed by atoms with E-state index < -0.39 is 0 Å². The third-order valence-electron chi connectivity index (χ3n) is 1.85. The van der Waals surface area contributed by atoms with E-state index in [0.29, 0.717) is 0 Å². The lowest BCUT2D eigenvalue weighted by molar-refractivity contribution is 0.299. The Balaban J connectivity index is 4.64. The topological polar surface area (TPSA) is 9.23 Å². The lowest BCUT2D eigenvalue weighted by Crippen LogP contribution is -2.08. The molecule has 0 saturated heterocycles. The Hall–Kier alpha value is -0.530. The Labute approximate surface area is 92.3 Å². The van der Waals surface area contributed by atoms with Crippen LogP contribution in [0.15, 0.2) is 36.5 Å². The normalized spacial score (nSPS) is 15.9. The Bertz CT molecular complexity index is 233. The van der Waals surface area contributed by atoms with Gasteiger partial charge in [-0.2, -0.15) is 0 Å². The molecule has 1 unspecified atom stereocenters. The molecule has 0 aromatic heterocycles. The number of rotatable bonds is 4. The predicted molar refractivity (Wildman–Crippen MR) is 63.3 cm³/mol. The van der Waals surface area contributed by atoms with Gasteiger partial charge >= 0.3 is 0 Å². The first-order valence-corrected chi connectivity index (χ1v) is 5.01. The van der Waals surface area contributed by atoms with Crippen LogP contribution in [-0.2, 0) is 4.29 Å². The van der Waals surface area contributed by atoms with Crippen molar-refractivity contribution in [1.82, 2.24) is 0 Å². The highest BCUT2D eigenvalue weighted by atomic mass is 35.5. The van der Waals surface area contributed by atoms with Crippen LogP contribution < -0.4 is 0 Å². The minimum atomic E-state index is -0.0766. The quantitative estimate of drug-likeness (QED) is 0.636. The molecular weight excluding hydrogens is 196 g/mol. The summed E-state index contributed by atoms with van der Waals surface area (Å²) < 4.78 is 4.62. The van der Waals surface area contributed by atoms with E-state index in [2.05, 4.69) is 31.6 Å². The molecule has 0 aliphatic carbocycles. The second-order valence-electron chi connectivity index (χ2n) is 4.26. The summed E-state index contributed by atoms with van der Waals surface area (Å²) in [5, 5.41) is 0. The van der Waals surface area contributed by atoms with Crippen LogP contribution in [0.3, 0.4) is 0 Å². The van der Waals surface area contributed by atoms with Crippen LogP contribution in [0.5, 0.6) is 0 Å². The van der Waals surface area contributed by atoms with Crippen LogP contribution in [0.2, 0.25) is 0 Å². The number of halogens is 1. The highest BCUT2D eigenvalue weighted by molar-refractivity contribution is 6.07. The SMILES string of the molecule is C=C/C=C(\C=C/C(C)OCl)C(C)(C)C. The molecule has 1 nitrogen and oxygen atoms in total. The third kappa shape index (κ3) is 5.25. The van der Waals surface area contributed by atoms with Crippen molar-refractivity contribution in [3.63, 3.8) is 0 Å². The fraction of sp³-hybridized carbons (Fsp3) is 0.500. The van der Waals surface area contributed by atoms with Crippen molar-refractivity contribution >= 4 is 11.9 Å². The minimum absolute atomic E-state index is 0.0766. The Morgan fingerprint density at radius 1 is 1.43 bits per heavy atom. The van der Waals surface area contributed by atoms with Gasteiger partial charge in [-0.25, -0.2) is 0 Å². The van der Waals surface area contributed by atoms with Crippen molar-refractivity contribution in [3.05, 3.63) is 36.5 Å². The van der Waals surface area contributed by atoms with Gasteiger partial charge in [0.15, 0.2) is 0 Å². The second-order valence-corrected chi connectivity index (χ2v) is 4.44. The number of hydrogen-bond donors (Lipinski definition) is 0.